The van der Waals surface area contributed by atoms with E-state index in [9.17, 15) is 19.2 Å². The molecule has 158 valence electrons. The molecule has 0 saturated carbocycles. The normalized spacial score (nSPS) is 20.0. The number of hydrogen-bond donors (Lipinski definition) is 0. The molecule has 1 fully saturated rings. The van der Waals surface area contributed by atoms with E-state index in [-0.39, 0.29) is 41.6 Å². The highest BCUT2D eigenvalue weighted by Gasteiger charge is 2.47. The van der Waals surface area contributed by atoms with Crippen molar-refractivity contribution in [2.75, 3.05) is 11.5 Å². The first-order valence-electron chi connectivity index (χ1n) is 10.3. The molecule has 0 N–H and O–H groups in total. The highest BCUT2D eigenvalue weighted by molar-refractivity contribution is 6.22. The SMILES string of the molecule is Cc1ccc(C(=O)COC(=O)c2cccc(N3C(=O)[C@@H]4CC=CC[C@H]4C3=O)c2)cc1C. The Morgan fingerprint density at radius 1 is 0.903 bits per heavy atom. The van der Waals surface area contributed by atoms with Crippen molar-refractivity contribution in [3.8, 4) is 0 Å². The van der Waals surface area contributed by atoms with Crippen molar-refractivity contribution in [3.63, 3.8) is 0 Å². The summed E-state index contributed by atoms with van der Waals surface area (Å²) in [7, 11) is 0. The summed E-state index contributed by atoms with van der Waals surface area (Å²) in [6, 6.07) is 11.5. The molecule has 2 amide bonds. The van der Waals surface area contributed by atoms with E-state index in [4.69, 9.17) is 4.74 Å². The largest absolute Gasteiger partial charge is 0.454 e. The lowest BCUT2D eigenvalue weighted by atomic mass is 9.85. The third kappa shape index (κ3) is 3.93. The van der Waals surface area contributed by atoms with E-state index < -0.39 is 5.97 Å². The molecule has 1 aliphatic heterocycles. The Hall–Kier alpha value is -3.54. The molecule has 1 heterocycles. The summed E-state index contributed by atoms with van der Waals surface area (Å²) in [4.78, 5) is 51.6. The van der Waals surface area contributed by atoms with E-state index in [1.54, 1.807) is 24.3 Å². The summed E-state index contributed by atoms with van der Waals surface area (Å²) in [6.07, 6.45) is 4.95. The number of benzene rings is 2. The molecule has 1 aliphatic carbocycles. The van der Waals surface area contributed by atoms with Gasteiger partial charge < -0.3 is 4.74 Å². The Labute approximate surface area is 180 Å². The Morgan fingerprint density at radius 2 is 1.58 bits per heavy atom. The predicted octanol–water partition coefficient (Wildman–Crippen LogP) is 3.80. The molecular formula is C25H23NO5. The number of ether oxygens (including phenoxy) is 1. The molecule has 2 aromatic rings. The summed E-state index contributed by atoms with van der Waals surface area (Å²) >= 11 is 0. The fraction of sp³-hybridized carbons (Fsp3) is 0.280. The molecule has 0 unspecified atom stereocenters. The molecule has 0 radical (unpaired) electrons. The smallest absolute Gasteiger partial charge is 0.338 e. The average Bonchev–Trinajstić information content (AvgIpc) is 3.04. The van der Waals surface area contributed by atoms with Crippen molar-refractivity contribution in [1.29, 1.82) is 0 Å². The molecule has 6 nitrogen and oxygen atoms in total. The molecule has 0 bridgehead atoms. The highest BCUT2D eigenvalue weighted by atomic mass is 16.5. The van der Waals surface area contributed by atoms with Crippen molar-refractivity contribution in [2.45, 2.75) is 26.7 Å². The summed E-state index contributed by atoms with van der Waals surface area (Å²) in [5.74, 6) is -2.15. The Balaban J connectivity index is 1.46. The summed E-state index contributed by atoms with van der Waals surface area (Å²) in [5.41, 5.74) is 3.07. The number of fused-ring (bicyclic) bond motifs is 1. The monoisotopic (exact) mass is 417 g/mol. The van der Waals surface area contributed by atoms with Crippen LogP contribution in [0.2, 0.25) is 0 Å². The predicted molar refractivity (Wildman–Crippen MR) is 115 cm³/mol. The van der Waals surface area contributed by atoms with Crippen LogP contribution in [0.1, 0.15) is 44.7 Å². The second kappa shape index (κ2) is 8.30. The molecule has 2 aromatic carbocycles. The fourth-order valence-corrected chi connectivity index (χ4v) is 4.04. The maximum Gasteiger partial charge on any atom is 0.338 e. The van der Waals surface area contributed by atoms with Crippen LogP contribution in [-0.4, -0.2) is 30.2 Å². The van der Waals surface area contributed by atoms with Crippen LogP contribution >= 0.6 is 0 Å². The van der Waals surface area contributed by atoms with Crippen LogP contribution in [0, 0.1) is 25.7 Å². The van der Waals surface area contributed by atoms with Gasteiger partial charge in [0, 0.05) is 5.56 Å². The van der Waals surface area contributed by atoms with E-state index >= 15 is 0 Å². The van der Waals surface area contributed by atoms with E-state index in [1.807, 2.05) is 32.1 Å². The number of carbonyl (C=O) groups excluding carboxylic acids is 4. The van der Waals surface area contributed by atoms with Crippen LogP contribution in [0.3, 0.4) is 0 Å². The number of anilines is 1. The number of Topliss-reactive ketones (excluding diaryl/α,β-unsaturated/α-hetero) is 1. The van der Waals surface area contributed by atoms with Crippen LogP contribution in [0.5, 0.6) is 0 Å². The van der Waals surface area contributed by atoms with Crippen molar-refractivity contribution in [2.24, 2.45) is 11.8 Å². The van der Waals surface area contributed by atoms with Gasteiger partial charge in [0.1, 0.15) is 0 Å². The number of carbonyl (C=O) groups is 4. The van der Waals surface area contributed by atoms with Crippen LogP contribution in [0.15, 0.2) is 54.6 Å². The van der Waals surface area contributed by atoms with Gasteiger partial charge in [0.05, 0.1) is 23.1 Å². The Kier molecular flexibility index (Phi) is 5.55. The number of rotatable bonds is 5. The van der Waals surface area contributed by atoms with E-state index in [0.29, 0.717) is 24.1 Å². The second-order valence-corrected chi connectivity index (χ2v) is 8.02. The first-order chi connectivity index (χ1) is 14.9. The number of ketones is 1. The molecule has 4 rings (SSSR count). The van der Waals surface area contributed by atoms with Crippen molar-refractivity contribution >= 4 is 29.3 Å². The summed E-state index contributed by atoms with van der Waals surface area (Å²) in [6.45, 7) is 3.48. The average molecular weight is 417 g/mol. The van der Waals surface area contributed by atoms with Gasteiger partial charge in [-0.1, -0.05) is 30.4 Å². The van der Waals surface area contributed by atoms with Gasteiger partial charge in [0.2, 0.25) is 11.8 Å². The second-order valence-electron chi connectivity index (χ2n) is 8.02. The van der Waals surface area contributed by atoms with E-state index in [0.717, 1.165) is 11.1 Å². The van der Waals surface area contributed by atoms with Gasteiger partial charge in [0.25, 0.3) is 0 Å². The number of amides is 2. The molecular weight excluding hydrogens is 394 g/mol. The van der Waals surface area contributed by atoms with Gasteiger partial charge in [-0.25, -0.2) is 4.79 Å². The first kappa shape index (κ1) is 20.7. The minimum Gasteiger partial charge on any atom is -0.454 e. The zero-order valence-electron chi connectivity index (χ0n) is 17.5. The lowest BCUT2D eigenvalue weighted by Crippen LogP contribution is -2.31. The number of nitrogens with zero attached hydrogens (tertiary/aromatic N) is 1. The van der Waals surface area contributed by atoms with Crippen LogP contribution < -0.4 is 4.90 Å². The van der Waals surface area contributed by atoms with Crippen molar-refractivity contribution < 1.29 is 23.9 Å². The van der Waals surface area contributed by atoms with Gasteiger partial charge in [-0.3, -0.25) is 19.3 Å². The number of imide groups is 1. The lowest BCUT2D eigenvalue weighted by molar-refractivity contribution is -0.122. The molecule has 1 saturated heterocycles. The number of aryl methyl sites for hydroxylation is 2. The Morgan fingerprint density at radius 3 is 2.23 bits per heavy atom. The zero-order valence-corrected chi connectivity index (χ0v) is 17.5. The van der Waals surface area contributed by atoms with Crippen LogP contribution in [0.4, 0.5) is 5.69 Å². The zero-order chi connectivity index (χ0) is 22.1. The fourth-order valence-electron chi connectivity index (χ4n) is 4.04. The van der Waals surface area contributed by atoms with Gasteiger partial charge >= 0.3 is 5.97 Å². The van der Waals surface area contributed by atoms with E-state index in [2.05, 4.69) is 0 Å². The van der Waals surface area contributed by atoms with Crippen molar-refractivity contribution in [3.05, 3.63) is 76.9 Å². The highest BCUT2D eigenvalue weighted by Crippen LogP contribution is 2.37. The number of hydrogen-bond acceptors (Lipinski definition) is 5. The minimum atomic E-state index is -0.683. The minimum absolute atomic E-state index is 0.180. The maximum atomic E-state index is 12.8. The van der Waals surface area contributed by atoms with E-state index in [1.165, 1.54) is 17.0 Å². The van der Waals surface area contributed by atoms with Crippen LogP contribution in [0.25, 0.3) is 0 Å². The Bertz CT molecular complexity index is 1090. The van der Waals surface area contributed by atoms with Gasteiger partial charge in [-0.15, -0.1) is 0 Å². The maximum absolute atomic E-state index is 12.8. The summed E-state index contributed by atoms with van der Waals surface area (Å²) in [5, 5.41) is 0. The molecule has 6 heteroatoms. The topological polar surface area (TPSA) is 80.8 Å². The summed E-state index contributed by atoms with van der Waals surface area (Å²) < 4.78 is 5.19. The molecule has 31 heavy (non-hydrogen) atoms. The lowest BCUT2D eigenvalue weighted by Gasteiger charge is -2.15. The molecule has 2 atom stereocenters. The van der Waals surface area contributed by atoms with Gasteiger partial charge in [-0.05, 0) is 62.1 Å². The molecule has 0 spiro atoms. The quantitative estimate of drug-likeness (QED) is 0.320. The van der Waals surface area contributed by atoms with Gasteiger partial charge in [0.15, 0.2) is 12.4 Å². The number of allylic oxidation sites excluding steroid dienone is 2. The van der Waals surface area contributed by atoms with Gasteiger partial charge in [-0.2, -0.15) is 0 Å². The molecule has 2 aliphatic rings. The molecule has 0 aromatic heterocycles. The first-order valence-corrected chi connectivity index (χ1v) is 10.3. The van der Waals surface area contributed by atoms with Crippen LogP contribution in [-0.2, 0) is 14.3 Å². The van der Waals surface area contributed by atoms with Crippen molar-refractivity contribution in [1.82, 2.24) is 0 Å². The standard InChI is InChI=1S/C25H23NO5/c1-15-10-11-17(12-16(15)2)22(27)14-31-25(30)18-6-5-7-19(13-18)26-23(28)20-8-3-4-9-21(20)24(26)29/h3-7,10-13,20-21H,8-9,14H2,1-2H3/t20-,21-/m1/s1. The third-order valence-electron chi connectivity index (χ3n) is 6.01. The third-order valence-corrected chi connectivity index (χ3v) is 6.01. The number of esters is 1.